The van der Waals surface area contributed by atoms with Crippen LogP contribution in [0.2, 0.25) is 19.6 Å². The summed E-state index contributed by atoms with van der Waals surface area (Å²) in [6.45, 7) is 7.67. The monoisotopic (exact) mass is 458 g/mol. The molecule has 0 spiro atoms. The summed E-state index contributed by atoms with van der Waals surface area (Å²) in [6, 6.07) is 45.1. The number of benzene rings is 4. The van der Waals surface area contributed by atoms with Crippen LogP contribution in [0.1, 0.15) is 27.8 Å². The van der Waals surface area contributed by atoms with Gasteiger partial charge in [-0.25, -0.2) is 0 Å². The molecule has 0 amide bonds. The molecule has 1 aliphatic heterocycles. The molecule has 2 heteroatoms. The molecule has 0 aliphatic carbocycles. The summed E-state index contributed by atoms with van der Waals surface area (Å²) >= 11 is 0. The Morgan fingerprint density at radius 2 is 1.06 bits per heavy atom. The zero-order valence-electron chi connectivity index (χ0n) is 19.6. The predicted octanol–water partition coefficient (Wildman–Crippen LogP) is 7.83. The van der Waals surface area contributed by atoms with Gasteiger partial charge >= 0.3 is 0 Å². The molecule has 0 aromatic heterocycles. The van der Waals surface area contributed by atoms with E-state index < -0.39 is 17.6 Å². The van der Waals surface area contributed by atoms with Gasteiger partial charge in [0, 0.05) is 10.2 Å². The molecular formula is C31H30Si2. The van der Waals surface area contributed by atoms with Crippen molar-refractivity contribution in [3.8, 4) is 0 Å². The lowest BCUT2D eigenvalue weighted by Crippen LogP contribution is -2.51. The van der Waals surface area contributed by atoms with Crippen molar-refractivity contribution >= 4 is 28.7 Å². The summed E-state index contributed by atoms with van der Waals surface area (Å²) in [6.07, 6.45) is 0. The summed E-state index contributed by atoms with van der Waals surface area (Å²) in [7, 11) is -1.68. The SMILES string of the molecule is C[Si](C)[C@]1(c2ccccc2)C(c2ccccc2)=C(c2ccccc2)[C@@H](c2ccccc2)[Si]1C. The van der Waals surface area contributed by atoms with Gasteiger partial charge in [0.2, 0.25) is 0 Å². The molecule has 0 unspecified atom stereocenters. The van der Waals surface area contributed by atoms with Gasteiger partial charge in [-0.3, -0.25) is 0 Å². The van der Waals surface area contributed by atoms with Crippen LogP contribution >= 0.6 is 0 Å². The van der Waals surface area contributed by atoms with Gasteiger partial charge in [-0.05, 0) is 33.4 Å². The van der Waals surface area contributed by atoms with Crippen molar-refractivity contribution in [3.05, 3.63) is 144 Å². The van der Waals surface area contributed by atoms with E-state index >= 15 is 0 Å². The maximum absolute atomic E-state index is 2.60. The minimum atomic E-state index is -0.917. The first kappa shape index (κ1) is 21.9. The summed E-state index contributed by atoms with van der Waals surface area (Å²) < 4.78 is 0.101. The van der Waals surface area contributed by atoms with Crippen LogP contribution < -0.4 is 0 Å². The Morgan fingerprint density at radius 1 is 0.606 bits per heavy atom. The second kappa shape index (κ2) is 9.13. The summed E-state index contributed by atoms with van der Waals surface area (Å²) in [4.78, 5) is 0. The Hall–Kier alpha value is -2.95. The Kier molecular flexibility index (Phi) is 6.05. The number of hydrogen-bond donors (Lipinski definition) is 0. The van der Waals surface area contributed by atoms with Crippen molar-refractivity contribution in [2.75, 3.05) is 0 Å². The molecule has 0 fully saturated rings. The molecular weight excluding hydrogens is 429 g/mol. The maximum Gasteiger partial charge on any atom is 0.0728 e. The highest BCUT2D eigenvalue weighted by Crippen LogP contribution is 2.59. The van der Waals surface area contributed by atoms with Crippen LogP contribution in [0.15, 0.2) is 121 Å². The van der Waals surface area contributed by atoms with Gasteiger partial charge in [0.25, 0.3) is 0 Å². The van der Waals surface area contributed by atoms with Crippen LogP contribution in [0.25, 0.3) is 11.1 Å². The minimum absolute atomic E-state index is 0.101. The summed E-state index contributed by atoms with van der Waals surface area (Å²) in [5, 5.41) is 0. The van der Waals surface area contributed by atoms with Crippen LogP contribution in [0, 0.1) is 0 Å². The highest BCUT2D eigenvalue weighted by atomic mass is 28.3. The van der Waals surface area contributed by atoms with Gasteiger partial charge in [0.1, 0.15) is 0 Å². The van der Waals surface area contributed by atoms with Crippen LogP contribution in [-0.4, -0.2) is 17.6 Å². The van der Waals surface area contributed by atoms with E-state index in [1.807, 2.05) is 0 Å². The van der Waals surface area contributed by atoms with Crippen molar-refractivity contribution < 1.29 is 0 Å². The normalized spacial score (nSPS) is 21.0. The molecule has 4 aromatic rings. The number of rotatable bonds is 5. The second-order valence-electron chi connectivity index (χ2n) is 9.16. The largest absolute Gasteiger partial charge is 0.0728 e. The van der Waals surface area contributed by atoms with Crippen molar-refractivity contribution in [2.24, 2.45) is 0 Å². The quantitative estimate of drug-likeness (QED) is 0.267. The fourth-order valence-corrected chi connectivity index (χ4v) is 14.2. The Labute approximate surface area is 201 Å². The zero-order valence-corrected chi connectivity index (χ0v) is 21.6. The summed E-state index contributed by atoms with van der Waals surface area (Å²) in [5.74, 6) is 0. The van der Waals surface area contributed by atoms with Gasteiger partial charge in [-0.2, -0.15) is 0 Å². The fourth-order valence-electron chi connectivity index (χ4n) is 5.94. The maximum atomic E-state index is 2.60. The molecule has 0 saturated carbocycles. The fraction of sp³-hybridized carbons (Fsp3) is 0.161. The molecule has 0 N–H and O–H groups in total. The molecule has 2 atom stereocenters. The van der Waals surface area contributed by atoms with E-state index in [1.54, 1.807) is 11.1 Å². The molecule has 2 radical (unpaired) electrons. The molecule has 0 bridgehead atoms. The third-order valence-electron chi connectivity index (χ3n) is 7.19. The van der Waals surface area contributed by atoms with E-state index in [0.717, 1.165) is 0 Å². The van der Waals surface area contributed by atoms with Crippen LogP contribution in [-0.2, 0) is 4.66 Å². The number of hydrogen-bond acceptors (Lipinski definition) is 0. The van der Waals surface area contributed by atoms with Crippen LogP contribution in [0.4, 0.5) is 0 Å². The third kappa shape index (κ3) is 3.58. The van der Waals surface area contributed by atoms with Crippen LogP contribution in [0.5, 0.6) is 0 Å². The van der Waals surface area contributed by atoms with Crippen molar-refractivity contribution in [2.45, 2.75) is 29.8 Å². The highest BCUT2D eigenvalue weighted by molar-refractivity contribution is 6.87. The minimum Gasteiger partial charge on any atom is -0.0705 e. The smallest absolute Gasteiger partial charge is 0.0705 e. The van der Waals surface area contributed by atoms with Crippen molar-refractivity contribution in [1.29, 1.82) is 0 Å². The molecule has 33 heavy (non-hydrogen) atoms. The van der Waals surface area contributed by atoms with E-state index in [4.69, 9.17) is 0 Å². The molecule has 1 heterocycles. The molecule has 1 aliphatic rings. The van der Waals surface area contributed by atoms with Gasteiger partial charge in [0.15, 0.2) is 0 Å². The topological polar surface area (TPSA) is 0 Å². The number of allylic oxidation sites excluding steroid dienone is 2. The van der Waals surface area contributed by atoms with Gasteiger partial charge in [-0.15, -0.1) is 0 Å². The predicted molar refractivity (Wildman–Crippen MR) is 146 cm³/mol. The second-order valence-corrected chi connectivity index (χ2v) is 15.1. The Balaban J connectivity index is 1.93. The highest BCUT2D eigenvalue weighted by Gasteiger charge is 2.56. The lowest BCUT2D eigenvalue weighted by molar-refractivity contribution is 1.04. The van der Waals surface area contributed by atoms with Crippen molar-refractivity contribution in [3.63, 3.8) is 0 Å². The Bertz CT molecular complexity index is 1230. The van der Waals surface area contributed by atoms with E-state index in [9.17, 15) is 0 Å². The van der Waals surface area contributed by atoms with Gasteiger partial charge < -0.3 is 0 Å². The average molecular weight is 459 g/mol. The first-order valence-electron chi connectivity index (χ1n) is 11.8. The molecule has 0 nitrogen and oxygen atoms in total. The first-order chi connectivity index (χ1) is 16.2. The first-order valence-corrected chi connectivity index (χ1v) is 16.3. The van der Waals surface area contributed by atoms with E-state index in [1.165, 1.54) is 22.3 Å². The van der Waals surface area contributed by atoms with Crippen LogP contribution in [0.3, 0.4) is 0 Å². The molecule has 5 rings (SSSR count). The molecule has 162 valence electrons. The van der Waals surface area contributed by atoms with E-state index in [-0.39, 0.29) is 4.66 Å². The van der Waals surface area contributed by atoms with E-state index in [2.05, 4.69) is 141 Å². The zero-order chi connectivity index (χ0) is 22.8. The molecule has 0 saturated heterocycles. The van der Waals surface area contributed by atoms with Crippen molar-refractivity contribution in [1.82, 2.24) is 0 Å². The van der Waals surface area contributed by atoms with Gasteiger partial charge in [0.05, 0.1) is 17.6 Å². The van der Waals surface area contributed by atoms with Gasteiger partial charge in [-0.1, -0.05) is 141 Å². The standard InChI is InChI=1S/C31H30Si2/c1-32(2)31(27-22-14-7-15-23-27)29(25-18-10-5-11-19-25)28(24-16-8-4-9-17-24)30(33(31)3)26-20-12-6-13-21-26/h4-23,30H,1-3H3/t30-,31+/m1/s1. The van der Waals surface area contributed by atoms with E-state index in [0.29, 0.717) is 5.54 Å². The Morgan fingerprint density at radius 3 is 1.58 bits per heavy atom. The molecule has 4 aromatic carbocycles. The summed E-state index contributed by atoms with van der Waals surface area (Å²) in [5.41, 5.74) is 9.27. The third-order valence-corrected chi connectivity index (χ3v) is 15.1. The lowest BCUT2D eigenvalue weighted by Gasteiger charge is -2.41. The lowest BCUT2D eigenvalue weighted by atomic mass is 9.86. The average Bonchev–Trinajstić information content (AvgIpc) is 3.16.